The summed E-state index contributed by atoms with van der Waals surface area (Å²) in [6.07, 6.45) is -0.455. The number of anilines is 2. The van der Waals surface area contributed by atoms with Crippen LogP contribution in [0.1, 0.15) is 53.4 Å². The largest absolute Gasteiger partial charge is 0.385 e. The van der Waals surface area contributed by atoms with E-state index in [2.05, 4.69) is 20.3 Å². The van der Waals surface area contributed by atoms with Crippen LogP contribution in [0.2, 0.25) is 0 Å². The van der Waals surface area contributed by atoms with Crippen molar-refractivity contribution in [2.45, 2.75) is 82.3 Å². The average Bonchev–Trinajstić information content (AvgIpc) is 3.34. The van der Waals surface area contributed by atoms with Crippen LogP contribution in [0.5, 0.6) is 0 Å². The van der Waals surface area contributed by atoms with Crippen molar-refractivity contribution >= 4 is 30.5 Å². The van der Waals surface area contributed by atoms with Gasteiger partial charge in [-0.1, -0.05) is 20.8 Å². The number of imidazole rings is 1. The van der Waals surface area contributed by atoms with Crippen molar-refractivity contribution < 1.29 is 34.0 Å². The molecule has 1 aliphatic heterocycles. The maximum Gasteiger partial charge on any atom is 0.359 e. The van der Waals surface area contributed by atoms with Crippen LogP contribution in [0, 0.1) is 0 Å². The molecule has 0 radical (unpaired) electrons. The molecular formula is C20H35N6O7P. The van der Waals surface area contributed by atoms with Crippen LogP contribution in [0.15, 0.2) is 6.33 Å². The summed E-state index contributed by atoms with van der Waals surface area (Å²) in [5.74, 6) is 0.319. The molecular weight excluding hydrogens is 467 g/mol. The minimum atomic E-state index is -4.45. The average molecular weight is 503 g/mol. The molecule has 1 saturated heterocycles. The molecule has 2 unspecified atom stereocenters. The van der Waals surface area contributed by atoms with Crippen LogP contribution in [0.25, 0.3) is 11.2 Å². The monoisotopic (exact) mass is 502 g/mol. The molecule has 2 aromatic rings. The number of aliphatic hydroxyl groups excluding tert-OH is 1. The second kappa shape index (κ2) is 9.30. The Hall–Kier alpha value is -1.86. The molecule has 1 aliphatic rings. The van der Waals surface area contributed by atoms with E-state index < -0.39 is 36.5 Å². The van der Waals surface area contributed by atoms with E-state index in [1.807, 2.05) is 0 Å². The van der Waals surface area contributed by atoms with Gasteiger partial charge in [0.25, 0.3) is 0 Å². The Morgan fingerprint density at radius 1 is 1.35 bits per heavy atom. The normalized spacial score (nSPS) is 27.0. The SMILES string of the molecule is CCC(CC)(C[C@H]1OC[C@](O)(n2cnc3c(NC)nc(N)nc32)[C@@H]1O)OP(=O)(O)C(C)(O)CC. The van der Waals surface area contributed by atoms with E-state index in [1.54, 1.807) is 27.8 Å². The molecule has 0 aromatic carbocycles. The highest BCUT2D eigenvalue weighted by atomic mass is 31.2. The van der Waals surface area contributed by atoms with Crippen molar-refractivity contribution in [2.75, 3.05) is 24.7 Å². The molecule has 3 rings (SSSR count). The zero-order chi connectivity index (χ0) is 25.5. The summed E-state index contributed by atoms with van der Waals surface area (Å²) < 4.78 is 25.6. The van der Waals surface area contributed by atoms with E-state index >= 15 is 0 Å². The van der Waals surface area contributed by atoms with E-state index in [0.717, 1.165) is 0 Å². The fourth-order valence-electron chi connectivity index (χ4n) is 4.09. The van der Waals surface area contributed by atoms with Gasteiger partial charge in [-0.25, -0.2) is 4.98 Å². The van der Waals surface area contributed by atoms with Crippen molar-refractivity contribution in [1.29, 1.82) is 0 Å². The fraction of sp³-hybridized carbons (Fsp3) is 0.750. The van der Waals surface area contributed by atoms with Gasteiger partial charge in [-0.15, -0.1) is 0 Å². The lowest BCUT2D eigenvalue weighted by molar-refractivity contribution is -0.112. The number of rotatable bonds is 10. The smallest absolute Gasteiger partial charge is 0.359 e. The Bertz CT molecular complexity index is 1080. The first-order valence-corrected chi connectivity index (χ1v) is 12.8. The summed E-state index contributed by atoms with van der Waals surface area (Å²) in [6.45, 7) is 6.09. The van der Waals surface area contributed by atoms with Gasteiger partial charge < -0.3 is 36.0 Å². The third-order valence-electron chi connectivity index (χ3n) is 6.86. The summed E-state index contributed by atoms with van der Waals surface area (Å²) in [5.41, 5.74) is 3.22. The Kier molecular flexibility index (Phi) is 7.32. The van der Waals surface area contributed by atoms with Crippen LogP contribution >= 0.6 is 7.60 Å². The lowest BCUT2D eigenvalue weighted by Gasteiger charge is -2.39. The molecule has 0 aliphatic carbocycles. The van der Waals surface area contributed by atoms with E-state index in [4.69, 9.17) is 15.0 Å². The van der Waals surface area contributed by atoms with E-state index in [0.29, 0.717) is 24.2 Å². The number of nitrogens with two attached hydrogens (primary N) is 1. The van der Waals surface area contributed by atoms with Gasteiger partial charge in [0.05, 0.1) is 24.6 Å². The molecule has 0 bridgehead atoms. The van der Waals surface area contributed by atoms with Gasteiger partial charge in [0, 0.05) is 13.5 Å². The van der Waals surface area contributed by atoms with Crippen LogP contribution < -0.4 is 11.1 Å². The quantitative estimate of drug-likeness (QED) is 0.254. The number of ether oxygens (including phenoxy) is 1. The summed E-state index contributed by atoms with van der Waals surface area (Å²) in [7, 11) is -2.81. The first-order valence-electron chi connectivity index (χ1n) is 11.3. The molecule has 0 saturated carbocycles. The van der Waals surface area contributed by atoms with Crippen LogP contribution in [-0.2, 0) is 19.6 Å². The van der Waals surface area contributed by atoms with Gasteiger partial charge in [0.1, 0.15) is 6.10 Å². The predicted octanol–water partition coefficient (Wildman–Crippen LogP) is 1.12. The van der Waals surface area contributed by atoms with Gasteiger partial charge in [0.15, 0.2) is 28.0 Å². The lowest BCUT2D eigenvalue weighted by atomic mass is 9.88. The van der Waals surface area contributed by atoms with Crippen molar-refractivity contribution in [2.24, 2.45) is 0 Å². The number of hydrogen-bond donors (Lipinski definition) is 6. The molecule has 5 atom stereocenters. The zero-order valence-electron chi connectivity index (χ0n) is 20.1. The maximum atomic E-state index is 12.9. The highest BCUT2D eigenvalue weighted by Gasteiger charge is 2.54. The second-order valence-corrected chi connectivity index (χ2v) is 11.1. The molecule has 13 nitrogen and oxygen atoms in total. The second-order valence-electron chi connectivity index (χ2n) is 8.92. The fourth-order valence-corrected chi connectivity index (χ4v) is 5.55. The molecule has 1 fully saturated rings. The molecule has 192 valence electrons. The number of fused-ring (bicyclic) bond motifs is 1. The molecule has 14 heteroatoms. The number of aromatic nitrogens is 4. The maximum absolute atomic E-state index is 12.9. The molecule has 2 aromatic heterocycles. The molecule has 0 amide bonds. The third-order valence-corrected chi connectivity index (χ3v) is 9.03. The topological polar surface area (TPSA) is 198 Å². The highest BCUT2D eigenvalue weighted by molar-refractivity contribution is 7.54. The number of nitrogens with zero attached hydrogens (tertiary/aromatic N) is 4. The first-order chi connectivity index (χ1) is 15.8. The summed E-state index contributed by atoms with van der Waals surface area (Å²) in [6, 6.07) is 0. The minimum Gasteiger partial charge on any atom is -0.385 e. The molecule has 3 heterocycles. The molecule has 34 heavy (non-hydrogen) atoms. The van der Waals surface area contributed by atoms with Gasteiger partial charge >= 0.3 is 7.60 Å². The van der Waals surface area contributed by atoms with Gasteiger partial charge in [-0.3, -0.25) is 13.7 Å². The van der Waals surface area contributed by atoms with Crippen molar-refractivity contribution in [1.82, 2.24) is 19.5 Å². The number of nitrogens with one attached hydrogen (secondary N) is 1. The van der Waals surface area contributed by atoms with Crippen molar-refractivity contribution in [3.63, 3.8) is 0 Å². The molecule has 0 spiro atoms. The van der Waals surface area contributed by atoms with E-state index in [9.17, 15) is 24.8 Å². The van der Waals surface area contributed by atoms with Crippen molar-refractivity contribution in [3.8, 4) is 0 Å². The number of nitrogen functional groups attached to an aromatic ring is 1. The van der Waals surface area contributed by atoms with E-state index in [-0.39, 0.29) is 31.0 Å². The Labute approximate surface area is 197 Å². The van der Waals surface area contributed by atoms with Crippen molar-refractivity contribution in [3.05, 3.63) is 6.33 Å². The highest BCUT2D eigenvalue weighted by Crippen LogP contribution is 2.59. The van der Waals surface area contributed by atoms with Gasteiger partial charge in [-0.2, -0.15) is 9.97 Å². The lowest BCUT2D eigenvalue weighted by Crippen LogP contribution is -2.48. The first kappa shape index (κ1) is 26.7. The number of hydrogen-bond acceptors (Lipinski definition) is 11. The minimum absolute atomic E-state index is 0.000656. The van der Waals surface area contributed by atoms with E-state index in [1.165, 1.54) is 17.8 Å². The predicted molar refractivity (Wildman–Crippen MR) is 125 cm³/mol. The van der Waals surface area contributed by atoms with Gasteiger partial charge in [-0.05, 0) is 26.2 Å². The van der Waals surface area contributed by atoms with Crippen LogP contribution in [0.4, 0.5) is 11.8 Å². The Morgan fingerprint density at radius 2 is 2.00 bits per heavy atom. The van der Waals surface area contributed by atoms with Gasteiger partial charge in [0.2, 0.25) is 5.95 Å². The summed E-state index contributed by atoms with van der Waals surface area (Å²) >= 11 is 0. The molecule has 7 N–H and O–H groups in total. The summed E-state index contributed by atoms with van der Waals surface area (Å²) in [5, 5.41) is 33.9. The Morgan fingerprint density at radius 3 is 2.56 bits per heavy atom. The summed E-state index contributed by atoms with van der Waals surface area (Å²) in [4.78, 5) is 23.0. The standard InChI is InChI=1S/C20H35N6O7P/c1-6-18(4,28)34(30,31)33-19(7-2,8-3)9-12-14(27)20(29,10-32-12)26-11-23-13-15(22-5)24-17(21)25-16(13)26/h11-12,14,27-29H,6-10H2,1-5H3,(H,30,31)(H3,21,22,24,25)/t12-,14-,18?,20-/m1/s1. The van der Waals surface area contributed by atoms with Crippen LogP contribution in [0.3, 0.4) is 0 Å². The third kappa shape index (κ3) is 4.41. The Balaban J connectivity index is 1.92. The number of aliphatic hydroxyl groups is 3. The zero-order valence-corrected chi connectivity index (χ0v) is 21.0. The van der Waals surface area contributed by atoms with Crippen LogP contribution in [-0.4, -0.2) is 76.5 Å².